The Labute approximate surface area is 181 Å². The topological polar surface area (TPSA) is 63.5 Å². The molecule has 0 radical (unpaired) electrons. The summed E-state index contributed by atoms with van der Waals surface area (Å²) in [7, 11) is 0. The first-order valence-corrected chi connectivity index (χ1v) is 11.0. The molecule has 7 heteroatoms. The van der Waals surface area contributed by atoms with Crippen LogP contribution in [0.4, 0.5) is 10.2 Å². The number of carbonyl (C=O) groups is 1. The van der Waals surface area contributed by atoms with E-state index in [1.54, 1.807) is 6.20 Å². The lowest BCUT2D eigenvalue weighted by Crippen LogP contribution is -2.56. The van der Waals surface area contributed by atoms with Crippen LogP contribution in [0.3, 0.4) is 0 Å². The van der Waals surface area contributed by atoms with E-state index in [-0.39, 0.29) is 11.7 Å². The maximum Gasteiger partial charge on any atom is 0.223 e. The van der Waals surface area contributed by atoms with Crippen LogP contribution in [-0.4, -0.2) is 59.0 Å². The molecule has 3 fully saturated rings. The standard InChI is InChI=1S/C24H26FN5O/c25-19-4-2-18(3-5-19)22-9-11-28(22)12-10-24(31)29-15-20-6-7-21(16-29)30(20)23-8-1-17(13-26)14-27-23/h1-5,8,14,20-22H,6-7,9-12,15-16H2. The van der Waals surface area contributed by atoms with Gasteiger partial charge < -0.3 is 9.80 Å². The number of halogens is 1. The van der Waals surface area contributed by atoms with Crippen molar-refractivity contribution < 1.29 is 9.18 Å². The van der Waals surface area contributed by atoms with Gasteiger partial charge in [-0.1, -0.05) is 12.1 Å². The fraction of sp³-hybridized carbons (Fsp3) is 0.458. The van der Waals surface area contributed by atoms with Crippen molar-refractivity contribution >= 4 is 11.7 Å². The number of likely N-dealkylation sites (tertiary alicyclic amines) is 2. The van der Waals surface area contributed by atoms with Gasteiger partial charge in [0.15, 0.2) is 0 Å². The van der Waals surface area contributed by atoms with E-state index in [2.05, 4.69) is 20.9 Å². The normalized spacial score (nSPS) is 25.2. The van der Waals surface area contributed by atoms with E-state index in [1.165, 1.54) is 12.1 Å². The zero-order valence-corrected chi connectivity index (χ0v) is 17.5. The second-order valence-corrected chi connectivity index (χ2v) is 8.75. The van der Waals surface area contributed by atoms with Gasteiger partial charge in [0.2, 0.25) is 5.91 Å². The molecule has 2 bridgehead atoms. The van der Waals surface area contributed by atoms with E-state index >= 15 is 0 Å². The maximum absolute atomic E-state index is 13.2. The largest absolute Gasteiger partial charge is 0.347 e. The molecule has 3 unspecified atom stereocenters. The van der Waals surface area contributed by atoms with E-state index < -0.39 is 0 Å². The molecule has 0 saturated carbocycles. The van der Waals surface area contributed by atoms with Crippen molar-refractivity contribution in [2.45, 2.75) is 43.8 Å². The van der Waals surface area contributed by atoms with Crippen molar-refractivity contribution in [1.82, 2.24) is 14.8 Å². The van der Waals surface area contributed by atoms with E-state index in [9.17, 15) is 9.18 Å². The first-order valence-electron chi connectivity index (χ1n) is 11.0. The highest BCUT2D eigenvalue weighted by Crippen LogP contribution is 2.35. The first-order chi connectivity index (χ1) is 15.1. The maximum atomic E-state index is 13.2. The smallest absolute Gasteiger partial charge is 0.223 e. The predicted molar refractivity (Wildman–Crippen MR) is 115 cm³/mol. The van der Waals surface area contributed by atoms with Gasteiger partial charge in [-0.15, -0.1) is 0 Å². The number of fused-ring (bicyclic) bond motifs is 2. The summed E-state index contributed by atoms with van der Waals surface area (Å²) in [4.78, 5) is 24.1. The second kappa shape index (κ2) is 8.27. The molecule has 160 valence electrons. The molecule has 3 aliphatic rings. The van der Waals surface area contributed by atoms with Gasteiger partial charge in [-0.05, 0) is 49.1 Å². The minimum absolute atomic E-state index is 0.213. The monoisotopic (exact) mass is 419 g/mol. The minimum Gasteiger partial charge on any atom is -0.347 e. The summed E-state index contributed by atoms with van der Waals surface area (Å²) in [5.41, 5.74) is 1.69. The first kappa shape index (κ1) is 20.0. The summed E-state index contributed by atoms with van der Waals surface area (Å²) < 4.78 is 13.2. The van der Waals surface area contributed by atoms with Gasteiger partial charge in [0, 0.05) is 56.9 Å². The number of amides is 1. The van der Waals surface area contributed by atoms with Crippen LogP contribution in [-0.2, 0) is 4.79 Å². The lowest BCUT2D eigenvalue weighted by molar-refractivity contribution is -0.133. The van der Waals surface area contributed by atoms with Crippen molar-refractivity contribution in [3.05, 3.63) is 59.5 Å². The molecule has 1 amide bonds. The van der Waals surface area contributed by atoms with Crippen molar-refractivity contribution in [1.29, 1.82) is 5.26 Å². The van der Waals surface area contributed by atoms with Crippen LogP contribution >= 0.6 is 0 Å². The van der Waals surface area contributed by atoms with E-state index in [0.29, 0.717) is 30.1 Å². The average Bonchev–Trinajstić information content (AvgIpc) is 3.03. The Bertz CT molecular complexity index is 973. The lowest BCUT2D eigenvalue weighted by atomic mass is 9.94. The molecule has 3 aliphatic heterocycles. The third-order valence-corrected chi connectivity index (χ3v) is 6.97. The molecule has 1 aromatic carbocycles. The number of piperazine rings is 1. The Kier molecular flexibility index (Phi) is 5.33. The van der Waals surface area contributed by atoms with Crippen molar-refractivity contribution in [2.75, 3.05) is 31.1 Å². The Morgan fingerprint density at radius 1 is 1.10 bits per heavy atom. The molecule has 2 aromatic rings. The van der Waals surface area contributed by atoms with E-state index in [4.69, 9.17) is 5.26 Å². The van der Waals surface area contributed by atoms with E-state index in [1.807, 2.05) is 29.2 Å². The van der Waals surface area contributed by atoms with Crippen LogP contribution in [0.2, 0.25) is 0 Å². The number of anilines is 1. The Morgan fingerprint density at radius 3 is 2.42 bits per heavy atom. The van der Waals surface area contributed by atoms with Crippen LogP contribution in [0.15, 0.2) is 42.6 Å². The minimum atomic E-state index is -0.213. The molecule has 0 N–H and O–H groups in total. The van der Waals surface area contributed by atoms with Crippen LogP contribution in [0.25, 0.3) is 0 Å². The zero-order valence-electron chi connectivity index (χ0n) is 17.5. The highest BCUT2D eigenvalue weighted by molar-refractivity contribution is 5.77. The van der Waals surface area contributed by atoms with Gasteiger partial charge in [0.1, 0.15) is 17.7 Å². The summed E-state index contributed by atoms with van der Waals surface area (Å²) in [5, 5.41) is 8.99. The van der Waals surface area contributed by atoms with Gasteiger partial charge in [-0.2, -0.15) is 5.26 Å². The second-order valence-electron chi connectivity index (χ2n) is 8.75. The van der Waals surface area contributed by atoms with Gasteiger partial charge in [0.05, 0.1) is 5.56 Å². The van der Waals surface area contributed by atoms with Gasteiger partial charge in [-0.25, -0.2) is 9.37 Å². The number of nitriles is 1. The molecule has 6 nitrogen and oxygen atoms in total. The average molecular weight is 420 g/mol. The molecular weight excluding hydrogens is 393 g/mol. The van der Waals surface area contributed by atoms with E-state index in [0.717, 1.165) is 56.8 Å². The zero-order chi connectivity index (χ0) is 21.4. The van der Waals surface area contributed by atoms with Crippen LogP contribution < -0.4 is 4.90 Å². The molecule has 0 spiro atoms. The summed E-state index contributed by atoms with van der Waals surface area (Å²) in [6.45, 7) is 3.20. The lowest BCUT2D eigenvalue weighted by Gasteiger charge is -2.43. The van der Waals surface area contributed by atoms with Crippen LogP contribution in [0.5, 0.6) is 0 Å². The third-order valence-electron chi connectivity index (χ3n) is 6.97. The summed E-state index contributed by atoms with van der Waals surface area (Å²) in [5.74, 6) is 0.908. The summed E-state index contributed by atoms with van der Waals surface area (Å²) in [6, 6.07) is 13.4. The van der Waals surface area contributed by atoms with Crippen molar-refractivity contribution in [2.24, 2.45) is 0 Å². The third kappa shape index (κ3) is 3.88. The Balaban J connectivity index is 1.16. The van der Waals surface area contributed by atoms with Crippen LogP contribution in [0.1, 0.15) is 42.9 Å². The molecule has 3 atom stereocenters. The van der Waals surface area contributed by atoms with Crippen molar-refractivity contribution in [3.8, 4) is 6.07 Å². The number of benzene rings is 1. The van der Waals surface area contributed by atoms with Gasteiger partial charge >= 0.3 is 0 Å². The number of pyridine rings is 1. The molecule has 1 aromatic heterocycles. The van der Waals surface area contributed by atoms with Gasteiger partial charge in [0.25, 0.3) is 0 Å². The van der Waals surface area contributed by atoms with Crippen LogP contribution in [0, 0.1) is 17.1 Å². The molecule has 31 heavy (non-hydrogen) atoms. The highest BCUT2D eigenvalue weighted by atomic mass is 19.1. The quantitative estimate of drug-likeness (QED) is 0.745. The fourth-order valence-corrected chi connectivity index (χ4v) is 5.25. The number of hydrogen-bond acceptors (Lipinski definition) is 5. The number of rotatable bonds is 5. The Morgan fingerprint density at radius 2 is 1.84 bits per heavy atom. The predicted octanol–water partition coefficient (Wildman–Crippen LogP) is 3.11. The Hall–Kier alpha value is -2.98. The number of hydrogen-bond donors (Lipinski definition) is 0. The number of nitrogens with zero attached hydrogens (tertiary/aromatic N) is 5. The summed E-state index contributed by atoms with van der Waals surface area (Å²) in [6.07, 6.45) is 5.33. The van der Waals surface area contributed by atoms with Crippen molar-refractivity contribution in [3.63, 3.8) is 0 Å². The molecule has 4 heterocycles. The molecular formula is C24H26FN5O. The number of carbonyl (C=O) groups excluding carboxylic acids is 1. The highest BCUT2D eigenvalue weighted by Gasteiger charge is 2.42. The molecule has 5 rings (SSSR count). The molecule has 3 saturated heterocycles. The number of aromatic nitrogens is 1. The SMILES string of the molecule is N#Cc1ccc(N2C3CCC2CN(C(=O)CCN2CCC2c2ccc(F)cc2)C3)nc1. The summed E-state index contributed by atoms with van der Waals surface area (Å²) >= 11 is 0. The fourth-order valence-electron chi connectivity index (χ4n) is 5.25. The van der Waals surface area contributed by atoms with Gasteiger partial charge in [-0.3, -0.25) is 9.69 Å². The molecule has 0 aliphatic carbocycles.